The van der Waals surface area contributed by atoms with Crippen LogP contribution in [-0.2, 0) is 9.59 Å². The molecule has 0 aliphatic carbocycles. The summed E-state index contributed by atoms with van der Waals surface area (Å²) in [6.07, 6.45) is 3.24. The number of aryl methyl sites for hydroxylation is 3. The minimum Gasteiger partial charge on any atom is -0.507 e. The van der Waals surface area contributed by atoms with Crippen molar-refractivity contribution in [3.05, 3.63) is 94.3 Å². The number of benzene rings is 2. The van der Waals surface area contributed by atoms with Gasteiger partial charge in [-0.25, -0.2) is 0 Å². The molecule has 6 heteroatoms. The first-order valence-corrected chi connectivity index (χ1v) is 10.9. The van der Waals surface area contributed by atoms with Gasteiger partial charge < -0.3 is 9.84 Å². The Morgan fingerprint density at radius 3 is 2.45 bits per heavy atom. The second-order valence-electron chi connectivity index (χ2n) is 8.14. The normalized spacial score (nSPS) is 17.5. The molecule has 0 spiro atoms. The lowest BCUT2D eigenvalue weighted by atomic mass is 9.95. The van der Waals surface area contributed by atoms with Gasteiger partial charge in [0, 0.05) is 23.6 Å². The highest BCUT2D eigenvalue weighted by Crippen LogP contribution is 2.42. The molecular weight excluding hydrogens is 416 g/mol. The second kappa shape index (κ2) is 8.90. The summed E-state index contributed by atoms with van der Waals surface area (Å²) in [5, 5.41) is 11.3. The van der Waals surface area contributed by atoms with Crippen molar-refractivity contribution in [1.82, 2.24) is 4.98 Å². The zero-order valence-corrected chi connectivity index (χ0v) is 19.1. The predicted molar refractivity (Wildman–Crippen MR) is 127 cm³/mol. The monoisotopic (exact) mass is 442 g/mol. The Labute approximate surface area is 193 Å². The van der Waals surface area contributed by atoms with Gasteiger partial charge in [0.2, 0.25) is 0 Å². The van der Waals surface area contributed by atoms with E-state index in [0.717, 1.165) is 16.7 Å². The Balaban J connectivity index is 1.91. The van der Waals surface area contributed by atoms with E-state index in [1.54, 1.807) is 42.7 Å². The smallest absolute Gasteiger partial charge is 0.300 e. The fourth-order valence-corrected chi connectivity index (χ4v) is 4.10. The fraction of sp³-hybridized carbons (Fsp3) is 0.222. The van der Waals surface area contributed by atoms with E-state index in [0.29, 0.717) is 29.2 Å². The number of nitrogens with zero attached hydrogens (tertiary/aromatic N) is 2. The highest BCUT2D eigenvalue weighted by atomic mass is 16.5. The number of hydrogen-bond acceptors (Lipinski definition) is 5. The molecule has 1 aliphatic rings. The third-order valence-corrected chi connectivity index (χ3v) is 5.96. The third-order valence-electron chi connectivity index (χ3n) is 5.96. The molecule has 3 aromatic rings. The molecule has 1 saturated heterocycles. The molecule has 2 aromatic carbocycles. The largest absolute Gasteiger partial charge is 0.507 e. The van der Waals surface area contributed by atoms with Crippen LogP contribution in [0.5, 0.6) is 5.75 Å². The van der Waals surface area contributed by atoms with Crippen molar-refractivity contribution in [3.8, 4) is 5.75 Å². The molecule has 4 rings (SSSR count). The van der Waals surface area contributed by atoms with E-state index in [4.69, 9.17) is 4.74 Å². The number of hydrogen-bond donors (Lipinski definition) is 1. The average Bonchev–Trinajstić information content (AvgIpc) is 3.08. The van der Waals surface area contributed by atoms with Crippen LogP contribution in [0.25, 0.3) is 5.76 Å². The maximum absolute atomic E-state index is 13.2. The van der Waals surface area contributed by atoms with Crippen LogP contribution in [0.15, 0.2) is 66.5 Å². The Hall–Kier alpha value is -3.93. The number of aliphatic hydroxyl groups is 1. The highest BCUT2D eigenvalue weighted by Gasteiger charge is 2.47. The number of carbonyl (C=O) groups is 2. The van der Waals surface area contributed by atoms with E-state index < -0.39 is 17.7 Å². The van der Waals surface area contributed by atoms with Gasteiger partial charge in [0.1, 0.15) is 11.5 Å². The SMILES string of the molecule is CCOc1ccc(/C(O)=C2\C(=O)C(=O)N(c3ccc(C)c(C)c3)C2c2cccnc2)cc1C. The summed E-state index contributed by atoms with van der Waals surface area (Å²) in [5.41, 5.74) is 4.62. The zero-order valence-electron chi connectivity index (χ0n) is 19.1. The maximum atomic E-state index is 13.2. The van der Waals surface area contributed by atoms with E-state index in [2.05, 4.69) is 4.98 Å². The first-order chi connectivity index (χ1) is 15.8. The molecular formula is C27H26N2O4. The summed E-state index contributed by atoms with van der Waals surface area (Å²) in [5.74, 6) is -0.935. The van der Waals surface area contributed by atoms with E-state index in [1.165, 1.54) is 4.90 Å². The topological polar surface area (TPSA) is 79.7 Å². The summed E-state index contributed by atoms with van der Waals surface area (Å²) in [7, 11) is 0. The second-order valence-corrected chi connectivity index (χ2v) is 8.14. The number of carbonyl (C=O) groups excluding carboxylic acids is 2. The van der Waals surface area contributed by atoms with Gasteiger partial charge in [-0.15, -0.1) is 0 Å². The Bertz CT molecular complexity index is 1260. The molecule has 1 atom stereocenters. The maximum Gasteiger partial charge on any atom is 0.300 e. The minimum atomic E-state index is -0.798. The van der Waals surface area contributed by atoms with Crippen molar-refractivity contribution in [2.75, 3.05) is 11.5 Å². The van der Waals surface area contributed by atoms with E-state index in [-0.39, 0.29) is 11.3 Å². The summed E-state index contributed by atoms with van der Waals surface area (Å²) in [6, 6.07) is 13.6. The molecule has 6 nitrogen and oxygen atoms in total. The predicted octanol–water partition coefficient (Wildman–Crippen LogP) is 5.03. The third kappa shape index (κ3) is 4.00. The molecule has 0 bridgehead atoms. The number of ketones is 1. The lowest BCUT2D eigenvalue weighted by molar-refractivity contribution is -0.132. The van der Waals surface area contributed by atoms with Gasteiger partial charge in [-0.05, 0) is 86.3 Å². The molecule has 0 radical (unpaired) electrons. The van der Waals surface area contributed by atoms with Gasteiger partial charge in [-0.3, -0.25) is 19.5 Å². The molecule has 2 heterocycles. The standard InChI is InChI=1S/C27H26N2O4/c1-5-33-22-11-9-19(13-18(22)4)25(30)23-24(20-7-6-12-28-15-20)29(27(32)26(23)31)21-10-8-16(2)17(3)14-21/h6-15,24,30H,5H2,1-4H3/b25-23+. The molecule has 1 aromatic heterocycles. The number of pyridine rings is 1. The van der Waals surface area contributed by atoms with E-state index in [9.17, 15) is 14.7 Å². The Morgan fingerprint density at radius 1 is 1.03 bits per heavy atom. The van der Waals surface area contributed by atoms with Gasteiger partial charge in [-0.1, -0.05) is 12.1 Å². The van der Waals surface area contributed by atoms with Gasteiger partial charge >= 0.3 is 0 Å². The van der Waals surface area contributed by atoms with Crippen LogP contribution in [0.1, 0.15) is 40.8 Å². The lowest BCUT2D eigenvalue weighted by Crippen LogP contribution is -2.29. The molecule has 168 valence electrons. The number of ether oxygens (including phenoxy) is 1. The molecule has 33 heavy (non-hydrogen) atoms. The summed E-state index contributed by atoms with van der Waals surface area (Å²) >= 11 is 0. The van der Waals surface area contributed by atoms with Crippen molar-refractivity contribution in [2.24, 2.45) is 0 Å². The molecule has 1 amide bonds. The number of rotatable bonds is 5. The van der Waals surface area contributed by atoms with Crippen molar-refractivity contribution in [2.45, 2.75) is 33.7 Å². The molecule has 1 unspecified atom stereocenters. The van der Waals surface area contributed by atoms with Crippen molar-refractivity contribution >= 4 is 23.1 Å². The Kier molecular flexibility index (Phi) is 6.01. The van der Waals surface area contributed by atoms with Gasteiger partial charge in [0.25, 0.3) is 11.7 Å². The molecule has 1 N–H and O–H groups in total. The Morgan fingerprint density at radius 2 is 1.82 bits per heavy atom. The van der Waals surface area contributed by atoms with Crippen molar-refractivity contribution in [3.63, 3.8) is 0 Å². The van der Waals surface area contributed by atoms with Gasteiger partial charge in [-0.2, -0.15) is 0 Å². The van der Waals surface area contributed by atoms with Crippen molar-refractivity contribution in [1.29, 1.82) is 0 Å². The van der Waals surface area contributed by atoms with E-state index >= 15 is 0 Å². The van der Waals surface area contributed by atoms with Crippen LogP contribution in [0.3, 0.4) is 0 Å². The number of Topliss-reactive ketones (excluding diaryl/α,β-unsaturated/α-hetero) is 1. The zero-order chi connectivity index (χ0) is 23.7. The lowest BCUT2D eigenvalue weighted by Gasteiger charge is -2.25. The quantitative estimate of drug-likeness (QED) is 0.341. The van der Waals surface area contributed by atoms with Crippen LogP contribution in [-0.4, -0.2) is 28.4 Å². The van der Waals surface area contributed by atoms with Crippen LogP contribution < -0.4 is 9.64 Å². The summed E-state index contributed by atoms with van der Waals surface area (Å²) < 4.78 is 5.59. The van der Waals surface area contributed by atoms with Gasteiger partial charge in [0.05, 0.1) is 18.2 Å². The van der Waals surface area contributed by atoms with Crippen LogP contribution in [0.4, 0.5) is 5.69 Å². The molecule has 0 saturated carbocycles. The summed E-state index contributed by atoms with van der Waals surface area (Å²) in [4.78, 5) is 32.1. The number of anilines is 1. The number of amides is 1. The number of aliphatic hydroxyl groups excluding tert-OH is 1. The molecule has 1 fully saturated rings. The minimum absolute atomic E-state index is 0.0368. The fourth-order valence-electron chi connectivity index (χ4n) is 4.10. The summed E-state index contributed by atoms with van der Waals surface area (Å²) in [6.45, 7) is 8.23. The number of aromatic nitrogens is 1. The van der Waals surface area contributed by atoms with Crippen LogP contribution in [0.2, 0.25) is 0 Å². The highest BCUT2D eigenvalue weighted by molar-refractivity contribution is 6.51. The van der Waals surface area contributed by atoms with Crippen LogP contribution in [0, 0.1) is 20.8 Å². The first kappa shape index (κ1) is 22.3. The average molecular weight is 443 g/mol. The van der Waals surface area contributed by atoms with Crippen molar-refractivity contribution < 1.29 is 19.4 Å². The van der Waals surface area contributed by atoms with E-state index in [1.807, 2.05) is 45.9 Å². The van der Waals surface area contributed by atoms with Crippen LogP contribution >= 0.6 is 0 Å². The van der Waals surface area contributed by atoms with Gasteiger partial charge in [0.15, 0.2) is 0 Å². The first-order valence-electron chi connectivity index (χ1n) is 10.9. The molecule has 1 aliphatic heterocycles.